The molecule has 0 radical (unpaired) electrons. The minimum absolute atomic E-state index is 0.304. The molecule has 0 fully saturated rings. The molecule has 0 aliphatic heterocycles. The van der Waals surface area contributed by atoms with E-state index in [1.165, 1.54) is 7.11 Å². The summed E-state index contributed by atoms with van der Waals surface area (Å²) in [6.07, 6.45) is 0. The Bertz CT molecular complexity index is 899. The van der Waals surface area contributed by atoms with Crippen LogP contribution in [0.5, 0.6) is 5.75 Å². The van der Waals surface area contributed by atoms with Gasteiger partial charge in [-0.05, 0) is 35.0 Å². The van der Waals surface area contributed by atoms with Crippen LogP contribution < -0.4 is 4.74 Å². The van der Waals surface area contributed by atoms with Crippen LogP contribution in [0, 0.1) is 0 Å². The quantitative estimate of drug-likeness (QED) is 0.529. The number of rotatable bonds is 5. The van der Waals surface area contributed by atoms with Crippen molar-refractivity contribution in [2.24, 2.45) is 0 Å². The summed E-state index contributed by atoms with van der Waals surface area (Å²) in [6.45, 7) is -0.327. The number of ketones is 1. The molecule has 120 valence electrons. The summed E-state index contributed by atoms with van der Waals surface area (Å²) in [6, 6.07) is 19.9. The van der Waals surface area contributed by atoms with Gasteiger partial charge >= 0.3 is 5.97 Å². The van der Waals surface area contributed by atoms with E-state index in [4.69, 9.17) is 9.47 Å². The Balaban J connectivity index is 1.71. The average Bonchev–Trinajstić information content (AvgIpc) is 2.65. The summed E-state index contributed by atoms with van der Waals surface area (Å²) < 4.78 is 10.3. The molecule has 3 rings (SSSR count). The zero-order valence-electron chi connectivity index (χ0n) is 13.2. The maximum Gasteiger partial charge on any atom is 0.338 e. The molecule has 0 aromatic heterocycles. The van der Waals surface area contributed by atoms with E-state index in [2.05, 4.69) is 0 Å². The molecular formula is C20H16O4. The fourth-order valence-corrected chi connectivity index (χ4v) is 2.48. The van der Waals surface area contributed by atoms with Gasteiger partial charge < -0.3 is 9.47 Å². The van der Waals surface area contributed by atoms with Gasteiger partial charge in [0.05, 0.1) is 18.2 Å². The van der Waals surface area contributed by atoms with Crippen molar-refractivity contribution < 1.29 is 19.1 Å². The van der Waals surface area contributed by atoms with Crippen molar-refractivity contribution in [1.82, 2.24) is 0 Å². The summed E-state index contributed by atoms with van der Waals surface area (Å²) in [7, 11) is 1.49. The van der Waals surface area contributed by atoms with E-state index in [9.17, 15) is 9.59 Å². The van der Waals surface area contributed by atoms with Gasteiger partial charge in [-0.1, -0.05) is 42.5 Å². The lowest BCUT2D eigenvalue weighted by Gasteiger charge is -2.08. The number of fused-ring (bicyclic) bond motifs is 1. The van der Waals surface area contributed by atoms with E-state index >= 15 is 0 Å². The second-order valence-electron chi connectivity index (χ2n) is 5.26. The van der Waals surface area contributed by atoms with E-state index in [1.54, 1.807) is 36.4 Å². The van der Waals surface area contributed by atoms with Gasteiger partial charge in [0.1, 0.15) is 5.75 Å². The number of benzene rings is 3. The number of hydrogen-bond donors (Lipinski definition) is 0. The minimum Gasteiger partial charge on any atom is -0.496 e. The predicted molar refractivity (Wildman–Crippen MR) is 91.6 cm³/mol. The Morgan fingerprint density at radius 3 is 2.38 bits per heavy atom. The SMILES string of the molecule is COc1ccccc1C(=O)COC(=O)c1ccc2ccccc2c1. The lowest BCUT2D eigenvalue weighted by atomic mass is 10.1. The molecule has 24 heavy (non-hydrogen) atoms. The fourth-order valence-electron chi connectivity index (χ4n) is 2.48. The monoisotopic (exact) mass is 320 g/mol. The van der Waals surface area contributed by atoms with Gasteiger partial charge in [0.2, 0.25) is 5.78 Å². The normalized spacial score (nSPS) is 10.4. The summed E-state index contributed by atoms with van der Waals surface area (Å²) in [5.74, 6) is -0.366. The molecule has 4 nitrogen and oxygen atoms in total. The third-order valence-electron chi connectivity index (χ3n) is 3.73. The topological polar surface area (TPSA) is 52.6 Å². The second kappa shape index (κ2) is 6.96. The number of Topliss-reactive ketones (excluding diaryl/α,β-unsaturated/α-hetero) is 1. The molecule has 0 bridgehead atoms. The highest BCUT2D eigenvalue weighted by Gasteiger charge is 2.15. The van der Waals surface area contributed by atoms with Gasteiger partial charge in [0.25, 0.3) is 0 Å². The van der Waals surface area contributed by atoms with Crippen LogP contribution in [0.25, 0.3) is 10.8 Å². The van der Waals surface area contributed by atoms with Crippen molar-refractivity contribution in [3.05, 3.63) is 77.9 Å². The highest BCUT2D eigenvalue weighted by atomic mass is 16.5. The van der Waals surface area contributed by atoms with Gasteiger partial charge in [-0.25, -0.2) is 4.79 Å². The van der Waals surface area contributed by atoms with E-state index in [-0.39, 0.29) is 12.4 Å². The smallest absolute Gasteiger partial charge is 0.338 e. The molecule has 4 heteroatoms. The van der Waals surface area contributed by atoms with Crippen LogP contribution in [-0.4, -0.2) is 25.5 Å². The number of hydrogen-bond acceptors (Lipinski definition) is 4. The van der Waals surface area contributed by atoms with Crippen molar-refractivity contribution in [2.45, 2.75) is 0 Å². The number of para-hydroxylation sites is 1. The fraction of sp³-hybridized carbons (Fsp3) is 0.100. The van der Waals surface area contributed by atoms with Crippen molar-refractivity contribution in [3.8, 4) is 5.75 Å². The minimum atomic E-state index is -0.524. The van der Waals surface area contributed by atoms with Crippen LogP contribution in [0.2, 0.25) is 0 Å². The Morgan fingerprint density at radius 1 is 0.875 bits per heavy atom. The summed E-state index contributed by atoms with van der Waals surface area (Å²) >= 11 is 0. The third-order valence-corrected chi connectivity index (χ3v) is 3.73. The van der Waals surface area contributed by atoms with E-state index in [0.717, 1.165) is 10.8 Å². The molecule has 3 aromatic rings. The molecule has 0 atom stereocenters. The number of esters is 1. The highest BCUT2D eigenvalue weighted by molar-refractivity contribution is 6.02. The van der Waals surface area contributed by atoms with Crippen molar-refractivity contribution >= 4 is 22.5 Å². The molecule has 0 aliphatic rings. The first-order valence-electron chi connectivity index (χ1n) is 7.51. The van der Waals surface area contributed by atoms with Gasteiger partial charge in [0.15, 0.2) is 6.61 Å². The standard InChI is InChI=1S/C20H16O4/c1-23-19-9-5-4-8-17(19)18(21)13-24-20(22)16-11-10-14-6-2-3-7-15(14)12-16/h2-12H,13H2,1H3. The molecule has 0 unspecified atom stereocenters. The van der Waals surface area contributed by atoms with Crippen molar-refractivity contribution in [2.75, 3.05) is 13.7 Å². The first-order chi connectivity index (χ1) is 11.7. The third kappa shape index (κ3) is 3.27. The molecule has 0 saturated carbocycles. The Hall–Kier alpha value is -3.14. The maximum absolute atomic E-state index is 12.2. The molecule has 3 aromatic carbocycles. The van der Waals surface area contributed by atoms with E-state index < -0.39 is 5.97 Å². The van der Waals surface area contributed by atoms with Crippen LogP contribution in [0.3, 0.4) is 0 Å². The molecule has 0 N–H and O–H groups in total. The van der Waals surface area contributed by atoms with Gasteiger partial charge in [-0.3, -0.25) is 4.79 Å². The molecule has 0 aliphatic carbocycles. The first-order valence-corrected chi connectivity index (χ1v) is 7.51. The number of carbonyl (C=O) groups excluding carboxylic acids is 2. The molecule has 0 amide bonds. The van der Waals surface area contributed by atoms with Crippen LogP contribution in [0.1, 0.15) is 20.7 Å². The van der Waals surface area contributed by atoms with Crippen LogP contribution >= 0.6 is 0 Å². The lowest BCUT2D eigenvalue weighted by Crippen LogP contribution is -2.15. The van der Waals surface area contributed by atoms with Crippen molar-refractivity contribution in [1.29, 1.82) is 0 Å². The molecule has 0 saturated heterocycles. The van der Waals surface area contributed by atoms with Gasteiger partial charge in [0, 0.05) is 0 Å². The largest absolute Gasteiger partial charge is 0.496 e. The van der Waals surface area contributed by atoms with Crippen LogP contribution in [-0.2, 0) is 4.74 Å². The number of methoxy groups -OCH3 is 1. The van der Waals surface area contributed by atoms with Crippen LogP contribution in [0.4, 0.5) is 0 Å². The lowest BCUT2D eigenvalue weighted by molar-refractivity contribution is 0.0474. The Labute approximate surface area is 139 Å². The van der Waals surface area contributed by atoms with Gasteiger partial charge in [-0.2, -0.15) is 0 Å². The maximum atomic E-state index is 12.2. The summed E-state index contributed by atoms with van der Waals surface area (Å²) in [5, 5.41) is 1.99. The van der Waals surface area contributed by atoms with Gasteiger partial charge in [-0.15, -0.1) is 0 Å². The average molecular weight is 320 g/mol. The van der Waals surface area contributed by atoms with Crippen molar-refractivity contribution in [3.63, 3.8) is 0 Å². The summed E-state index contributed by atoms with van der Waals surface area (Å²) in [5.41, 5.74) is 0.813. The zero-order valence-corrected chi connectivity index (χ0v) is 13.2. The number of ether oxygens (including phenoxy) is 2. The zero-order chi connectivity index (χ0) is 16.9. The van der Waals surface area contributed by atoms with E-state index in [0.29, 0.717) is 16.9 Å². The molecular weight excluding hydrogens is 304 g/mol. The van der Waals surface area contributed by atoms with E-state index in [1.807, 2.05) is 30.3 Å². The first kappa shape index (κ1) is 15.7. The predicted octanol–water partition coefficient (Wildman–Crippen LogP) is 3.89. The highest BCUT2D eigenvalue weighted by Crippen LogP contribution is 2.19. The summed E-state index contributed by atoms with van der Waals surface area (Å²) in [4.78, 5) is 24.4. The molecule has 0 spiro atoms. The molecule has 0 heterocycles. The number of carbonyl (C=O) groups is 2. The van der Waals surface area contributed by atoms with Crippen LogP contribution in [0.15, 0.2) is 66.7 Å². The second-order valence-corrected chi connectivity index (χ2v) is 5.26. The Morgan fingerprint density at radius 2 is 1.58 bits per heavy atom. The Kier molecular flexibility index (Phi) is 4.57.